The Morgan fingerprint density at radius 3 is 2.70 bits per heavy atom. The van der Waals surface area contributed by atoms with Gasteiger partial charge in [-0.25, -0.2) is 9.78 Å². The maximum atomic E-state index is 12.5. The topological polar surface area (TPSA) is 58.1 Å². The predicted octanol–water partition coefficient (Wildman–Crippen LogP) is 4.20. The molecule has 6 heteroatoms. The zero-order valence-corrected chi connectivity index (χ0v) is 14.5. The van der Waals surface area contributed by atoms with Gasteiger partial charge in [-0.1, -0.05) is 13.0 Å². The third kappa shape index (κ3) is 4.69. The molecule has 122 valence electrons. The van der Waals surface area contributed by atoms with Gasteiger partial charge in [0.2, 0.25) is 0 Å². The number of rotatable bonds is 6. The normalized spacial score (nSPS) is 11.8. The summed E-state index contributed by atoms with van der Waals surface area (Å²) in [4.78, 5) is 22.8. The van der Waals surface area contributed by atoms with Crippen LogP contribution in [-0.4, -0.2) is 33.2 Å². The summed E-state index contributed by atoms with van der Waals surface area (Å²) in [6.07, 6.45) is 5.21. The van der Waals surface area contributed by atoms with E-state index in [1.165, 1.54) is 0 Å². The molecule has 0 aromatic carbocycles. The minimum absolute atomic E-state index is 0.0448. The molecule has 0 fully saturated rings. The van der Waals surface area contributed by atoms with Gasteiger partial charge in [-0.2, -0.15) is 0 Å². The number of hydrogen-bond donors (Lipinski definition) is 1. The van der Waals surface area contributed by atoms with Crippen LogP contribution in [0.15, 0.2) is 47.9 Å². The zero-order chi connectivity index (χ0) is 16.7. The van der Waals surface area contributed by atoms with Gasteiger partial charge in [-0.05, 0) is 43.4 Å². The third-order valence-corrected chi connectivity index (χ3v) is 4.34. The van der Waals surface area contributed by atoms with E-state index in [1.54, 1.807) is 35.3 Å². The molecular formula is C17H22N4OS. The first kappa shape index (κ1) is 17.3. The number of carbonyl (C=O) groups excluding carboxylic acids is 1. The summed E-state index contributed by atoms with van der Waals surface area (Å²) in [5, 5.41) is 3.87. The quantitative estimate of drug-likeness (QED) is 0.806. The Morgan fingerprint density at radius 1 is 1.30 bits per heavy atom. The highest BCUT2D eigenvalue weighted by atomic mass is 32.2. The number of nitrogens with one attached hydrogen (secondary N) is 1. The van der Waals surface area contributed by atoms with E-state index >= 15 is 0 Å². The van der Waals surface area contributed by atoms with Crippen molar-refractivity contribution in [2.75, 3.05) is 17.6 Å². The van der Waals surface area contributed by atoms with E-state index in [0.717, 1.165) is 16.3 Å². The lowest BCUT2D eigenvalue weighted by Gasteiger charge is -2.28. The maximum Gasteiger partial charge on any atom is 0.322 e. The number of pyridine rings is 2. The highest BCUT2D eigenvalue weighted by Gasteiger charge is 2.20. The summed E-state index contributed by atoms with van der Waals surface area (Å²) in [6, 6.07) is 7.48. The van der Waals surface area contributed by atoms with Gasteiger partial charge >= 0.3 is 6.03 Å². The van der Waals surface area contributed by atoms with Gasteiger partial charge < -0.3 is 10.2 Å². The van der Waals surface area contributed by atoms with E-state index < -0.39 is 0 Å². The van der Waals surface area contributed by atoms with Gasteiger partial charge in [0.15, 0.2) is 0 Å². The summed E-state index contributed by atoms with van der Waals surface area (Å²) in [6.45, 7) is 6.66. The molecule has 0 spiro atoms. The van der Waals surface area contributed by atoms with Gasteiger partial charge in [0.25, 0.3) is 0 Å². The van der Waals surface area contributed by atoms with E-state index in [4.69, 9.17) is 0 Å². The second-order valence-corrected chi connectivity index (χ2v) is 6.28. The fourth-order valence-corrected chi connectivity index (χ4v) is 2.87. The van der Waals surface area contributed by atoms with Gasteiger partial charge in [-0.15, -0.1) is 11.8 Å². The number of urea groups is 1. The number of aromatic nitrogens is 2. The van der Waals surface area contributed by atoms with Crippen molar-refractivity contribution < 1.29 is 4.79 Å². The average Bonchev–Trinajstić information content (AvgIpc) is 2.58. The average molecular weight is 330 g/mol. The molecule has 0 saturated heterocycles. The molecule has 0 aliphatic heterocycles. The maximum absolute atomic E-state index is 12.5. The third-order valence-electron chi connectivity index (χ3n) is 3.52. The van der Waals surface area contributed by atoms with Crippen molar-refractivity contribution in [2.24, 2.45) is 0 Å². The Hall–Kier alpha value is -2.08. The molecule has 0 aliphatic carbocycles. The highest BCUT2D eigenvalue weighted by molar-refractivity contribution is 7.99. The number of hydrogen-bond acceptors (Lipinski definition) is 4. The van der Waals surface area contributed by atoms with E-state index in [0.29, 0.717) is 12.2 Å². The number of nitrogens with zero attached hydrogens (tertiary/aromatic N) is 3. The largest absolute Gasteiger partial charge is 0.322 e. The first-order valence-electron chi connectivity index (χ1n) is 7.72. The van der Waals surface area contributed by atoms with Crippen LogP contribution in [0.3, 0.4) is 0 Å². The van der Waals surface area contributed by atoms with Crippen LogP contribution in [0.1, 0.15) is 32.4 Å². The molecule has 0 radical (unpaired) electrons. The first-order chi connectivity index (χ1) is 11.2. The second kappa shape index (κ2) is 8.53. The molecule has 0 saturated carbocycles. The van der Waals surface area contributed by atoms with Crippen molar-refractivity contribution in [3.63, 3.8) is 0 Å². The molecule has 0 unspecified atom stereocenters. The predicted molar refractivity (Wildman–Crippen MR) is 94.7 cm³/mol. The van der Waals surface area contributed by atoms with Crippen molar-refractivity contribution in [1.29, 1.82) is 0 Å². The summed E-state index contributed by atoms with van der Waals surface area (Å²) in [5.41, 5.74) is 1.71. The molecule has 0 aliphatic rings. The number of carbonyl (C=O) groups is 1. The Balaban J connectivity index is 2.05. The molecule has 2 aromatic rings. The standard InChI is InChI=1S/C17H22N4OS/c1-4-21(13(3)14-7-6-10-18-11-14)17(22)20-15-8-9-16(19-12-15)23-5-2/h6-13H,4-5H2,1-3H3,(H,20,22)/t13-/m0/s1. The molecular weight excluding hydrogens is 308 g/mol. The van der Waals surface area contributed by atoms with Crippen LogP contribution < -0.4 is 5.32 Å². The zero-order valence-electron chi connectivity index (χ0n) is 13.7. The number of thioether (sulfide) groups is 1. The van der Waals surface area contributed by atoms with Crippen molar-refractivity contribution >= 4 is 23.5 Å². The lowest BCUT2D eigenvalue weighted by Crippen LogP contribution is -2.36. The molecule has 0 bridgehead atoms. The first-order valence-corrected chi connectivity index (χ1v) is 8.70. The van der Waals surface area contributed by atoms with Crippen molar-refractivity contribution in [1.82, 2.24) is 14.9 Å². The number of amides is 2. The van der Waals surface area contributed by atoms with Crippen LogP contribution in [0.4, 0.5) is 10.5 Å². The van der Waals surface area contributed by atoms with Crippen molar-refractivity contribution in [3.8, 4) is 0 Å². The lowest BCUT2D eigenvalue weighted by atomic mass is 10.1. The van der Waals surface area contributed by atoms with Gasteiger partial charge in [0, 0.05) is 18.9 Å². The Morgan fingerprint density at radius 2 is 2.13 bits per heavy atom. The van der Waals surface area contributed by atoms with Crippen LogP contribution >= 0.6 is 11.8 Å². The summed E-state index contributed by atoms with van der Waals surface area (Å²) < 4.78 is 0. The van der Waals surface area contributed by atoms with E-state index in [9.17, 15) is 4.79 Å². The minimum atomic E-state index is -0.137. The minimum Gasteiger partial charge on any atom is -0.318 e. The molecule has 1 atom stereocenters. The van der Waals surface area contributed by atoms with E-state index in [1.807, 2.05) is 38.1 Å². The summed E-state index contributed by atoms with van der Waals surface area (Å²) >= 11 is 1.67. The number of anilines is 1. The summed E-state index contributed by atoms with van der Waals surface area (Å²) in [7, 11) is 0. The monoisotopic (exact) mass is 330 g/mol. The van der Waals surface area contributed by atoms with E-state index in [2.05, 4.69) is 22.2 Å². The van der Waals surface area contributed by atoms with Gasteiger partial charge in [-0.3, -0.25) is 4.98 Å². The molecule has 1 N–H and O–H groups in total. The van der Waals surface area contributed by atoms with Crippen LogP contribution in [0.2, 0.25) is 0 Å². The van der Waals surface area contributed by atoms with Crippen molar-refractivity contribution in [2.45, 2.75) is 31.8 Å². The van der Waals surface area contributed by atoms with Gasteiger partial charge in [0.05, 0.1) is 23.0 Å². The second-order valence-electron chi connectivity index (χ2n) is 5.00. The smallest absolute Gasteiger partial charge is 0.318 e. The molecule has 2 rings (SSSR count). The molecule has 2 heterocycles. The molecule has 2 aromatic heterocycles. The molecule has 23 heavy (non-hydrogen) atoms. The Bertz CT molecular complexity index is 618. The molecule has 5 nitrogen and oxygen atoms in total. The Kier molecular flexibility index (Phi) is 6.40. The van der Waals surface area contributed by atoms with Crippen LogP contribution in [-0.2, 0) is 0 Å². The lowest BCUT2D eigenvalue weighted by molar-refractivity contribution is 0.197. The Labute approximate surface area is 141 Å². The van der Waals surface area contributed by atoms with E-state index in [-0.39, 0.29) is 12.1 Å². The van der Waals surface area contributed by atoms with Gasteiger partial charge in [0.1, 0.15) is 0 Å². The van der Waals surface area contributed by atoms with Crippen molar-refractivity contribution in [3.05, 3.63) is 48.4 Å². The van der Waals surface area contributed by atoms with Crippen LogP contribution in [0, 0.1) is 0 Å². The van der Waals surface area contributed by atoms with Crippen LogP contribution in [0.25, 0.3) is 0 Å². The fraction of sp³-hybridized carbons (Fsp3) is 0.353. The highest BCUT2D eigenvalue weighted by Crippen LogP contribution is 2.21. The molecule has 2 amide bonds. The summed E-state index contributed by atoms with van der Waals surface area (Å²) in [5.74, 6) is 0.977. The SMILES string of the molecule is CCSc1ccc(NC(=O)N(CC)[C@@H](C)c2cccnc2)cn1. The fourth-order valence-electron chi connectivity index (χ4n) is 2.28. The van der Waals surface area contributed by atoms with Crippen LogP contribution in [0.5, 0.6) is 0 Å².